The molecule has 0 unspecified atom stereocenters. The number of rotatable bonds is 4. The smallest absolute Gasteiger partial charge is 0.416 e. The SMILES string of the molecule is CC(=O)c1c(O)n(CC2CC2)c(=O)n(-c2cccc(C(F)(F)F)c2)c1=O. The third kappa shape index (κ3) is 3.16. The Balaban J connectivity index is 2.30. The van der Waals surface area contributed by atoms with Crippen molar-refractivity contribution in [1.82, 2.24) is 9.13 Å². The lowest BCUT2D eigenvalue weighted by atomic mass is 10.1. The maximum atomic E-state index is 13.0. The van der Waals surface area contributed by atoms with Crippen LogP contribution in [-0.2, 0) is 12.7 Å². The maximum Gasteiger partial charge on any atom is 0.416 e. The largest absolute Gasteiger partial charge is 0.494 e. The normalized spacial score (nSPS) is 14.5. The van der Waals surface area contributed by atoms with Gasteiger partial charge in [-0.15, -0.1) is 0 Å². The summed E-state index contributed by atoms with van der Waals surface area (Å²) in [6.45, 7) is 1.13. The highest BCUT2D eigenvalue weighted by Gasteiger charge is 2.32. The molecule has 138 valence electrons. The Labute approximate surface area is 145 Å². The van der Waals surface area contributed by atoms with Crippen LogP contribution < -0.4 is 11.2 Å². The number of alkyl halides is 3. The van der Waals surface area contributed by atoms with Crippen LogP contribution in [0.4, 0.5) is 13.2 Å². The first-order chi connectivity index (χ1) is 12.1. The minimum absolute atomic E-state index is 0.0875. The molecule has 1 aliphatic carbocycles. The molecule has 1 N–H and O–H groups in total. The zero-order valence-corrected chi connectivity index (χ0v) is 13.7. The molecule has 0 atom stereocenters. The van der Waals surface area contributed by atoms with Gasteiger partial charge in [0.05, 0.1) is 11.3 Å². The summed E-state index contributed by atoms with van der Waals surface area (Å²) in [5.41, 5.74) is -4.10. The van der Waals surface area contributed by atoms with Crippen LogP contribution in [0.1, 0.15) is 35.7 Å². The van der Waals surface area contributed by atoms with Gasteiger partial charge in [-0.1, -0.05) is 6.07 Å². The van der Waals surface area contributed by atoms with Crippen LogP contribution in [0.3, 0.4) is 0 Å². The zero-order chi connectivity index (χ0) is 19.2. The molecule has 0 bridgehead atoms. The lowest BCUT2D eigenvalue weighted by Gasteiger charge is -2.15. The lowest BCUT2D eigenvalue weighted by molar-refractivity contribution is -0.137. The van der Waals surface area contributed by atoms with Gasteiger partial charge in [-0.2, -0.15) is 13.2 Å². The van der Waals surface area contributed by atoms with Crippen LogP contribution in [-0.4, -0.2) is 20.0 Å². The van der Waals surface area contributed by atoms with E-state index in [0.29, 0.717) is 10.6 Å². The first-order valence-electron chi connectivity index (χ1n) is 7.88. The zero-order valence-electron chi connectivity index (χ0n) is 13.7. The van der Waals surface area contributed by atoms with Gasteiger partial charge in [0.1, 0.15) is 5.56 Å². The lowest BCUT2D eigenvalue weighted by Crippen LogP contribution is -2.41. The van der Waals surface area contributed by atoms with Crippen LogP contribution in [0.15, 0.2) is 33.9 Å². The van der Waals surface area contributed by atoms with Gasteiger partial charge < -0.3 is 5.11 Å². The van der Waals surface area contributed by atoms with E-state index in [9.17, 15) is 32.7 Å². The average molecular weight is 368 g/mol. The molecule has 0 spiro atoms. The van der Waals surface area contributed by atoms with E-state index in [4.69, 9.17) is 0 Å². The molecule has 1 aromatic carbocycles. The summed E-state index contributed by atoms with van der Waals surface area (Å²) in [5, 5.41) is 10.2. The highest BCUT2D eigenvalue weighted by atomic mass is 19.4. The highest BCUT2D eigenvalue weighted by Crippen LogP contribution is 2.32. The summed E-state index contributed by atoms with van der Waals surface area (Å²) in [4.78, 5) is 37.0. The van der Waals surface area contributed by atoms with E-state index in [1.807, 2.05) is 0 Å². The fourth-order valence-electron chi connectivity index (χ4n) is 2.72. The molecule has 1 heterocycles. The molecule has 0 aliphatic heterocycles. The number of carbonyl (C=O) groups is 1. The number of nitrogens with zero attached hydrogens (tertiary/aromatic N) is 2. The van der Waals surface area contributed by atoms with Crippen LogP contribution in [0.2, 0.25) is 0 Å². The van der Waals surface area contributed by atoms with E-state index in [0.717, 1.165) is 36.5 Å². The van der Waals surface area contributed by atoms with Gasteiger partial charge >= 0.3 is 11.9 Å². The minimum Gasteiger partial charge on any atom is -0.494 e. The number of halogens is 3. The molecule has 1 saturated carbocycles. The first kappa shape index (κ1) is 18.0. The van der Waals surface area contributed by atoms with Crippen molar-refractivity contribution in [3.63, 3.8) is 0 Å². The molecule has 0 saturated heterocycles. The van der Waals surface area contributed by atoms with E-state index in [-0.39, 0.29) is 18.2 Å². The van der Waals surface area contributed by atoms with E-state index >= 15 is 0 Å². The van der Waals surface area contributed by atoms with E-state index in [1.165, 1.54) is 6.07 Å². The number of Topliss-reactive ketones (excluding diaryl/α,β-unsaturated/α-hetero) is 1. The topological polar surface area (TPSA) is 81.3 Å². The molecule has 6 nitrogen and oxygen atoms in total. The summed E-state index contributed by atoms with van der Waals surface area (Å²) in [6, 6.07) is 3.70. The van der Waals surface area contributed by atoms with Gasteiger partial charge in [0, 0.05) is 6.54 Å². The molecule has 1 aliphatic rings. The number of carbonyl (C=O) groups excluding carboxylic acids is 1. The van der Waals surface area contributed by atoms with Gasteiger partial charge in [0.25, 0.3) is 5.56 Å². The summed E-state index contributed by atoms with van der Waals surface area (Å²) in [5.74, 6) is -1.41. The summed E-state index contributed by atoms with van der Waals surface area (Å²) < 4.78 is 40.2. The van der Waals surface area contributed by atoms with Crippen LogP contribution >= 0.6 is 0 Å². The second-order valence-corrected chi connectivity index (χ2v) is 6.28. The first-order valence-corrected chi connectivity index (χ1v) is 7.88. The minimum atomic E-state index is -4.66. The molecule has 1 aromatic heterocycles. The van der Waals surface area contributed by atoms with E-state index < -0.39 is 40.2 Å². The number of ketones is 1. The highest BCUT2D eigenvalue weighted by molar-refractivity contribution is 5.95. The number of hydrogen-bond acceptors (Lipinski definition) is 4. The van der Waals surface area contributed by atoms with Gasteiger partial charge in [-0.05, 0) is 43.9 Å². The molecule has 26 heavy (non-hydrogen) atoms. The van der Waals surface area contributed by atoms with Gasteiger partial charge in [-0.3, -0.25) is 14.2 Å². The molecule has 3 rings (SSSR count). The standard InChI is InChI=1S/C17H15F3N2O4/c1-9(23)13-14(24)21(8-10-5-6-10)16(26)22(15(13)25)12-4-2-3-11(7-12)17(18,19)20/h2-4,7,10,24H,5-6,8H2,1H3. The fraction of sp³-hybridized carbons (Fsp3) is 0.353. The van der Waals surface area contributed by atoms with Crippen molar-refractivity contribution in [3.05, 3.63) is 56.2 Å². The number of hydrogen-bond donors (Lipinski definition) is 1. The molecule has 0 amide bonds. The summed E-state index contributed by atoms with van der Waals surface area (Å²) >= 11 is 0. The van der Waals surface area contributed by atoms with Crippen molar-refractivity contribution < 1.29 is 23.1 Å². The summed E-state index contributed by atoms with van der Waals surface area (Å²) in [6.07, 6.45) is -3.01. The quantitative estimate of drug-likeness (QED) is 0.840. The Morgan fingerprint density at radius 3 is 2.46 bits per heavy atom. The summed E-state index contributed by atoms with van der Waals surface area (Å²) in [7, 11) is 0. The Morgan fingerprint density at radius 2 is 1.92 bits per heavy atom. The van der Waals surface area contributed by atoms with Crippen LogP contribution in [0, 0.1) is 5.92 Å². The van der Waals surface area contributed by atoms with Gasteiger partial charge in [-0.25, -0.2) is 9.36 Å². The third-order valence-corrected chi connectivity index (χ3v) is 4.24. The predicted octanol–water partition coefficient (Wildman–Crippen LogP) is 2.34. The predicted molar refractivity (Wildman–Crippen MR) is 85.7 cm³/mol. The Kier molecular flexibility index (Phi) is 4.25. The number of aromatic hydroxyl groups is 1. The second kappa shape index (κ2) is 6.15. The Bertz CT molecular complexity index is 1000. The van der Waals surface area contributed by atoms with Crippen LogP contribution in [0.5, 0.6) is 5.88 Å². The van der Waals surface area contributed by atoms with Crippen molar-refractivity contribution >= 4 is 5.78 Å². The Morgan fingerprint density at radius 1 is 1.27 bits per heavy atom. The molecular formula is C17H15F3N2O4. The van der Waals surface area contributed by atoms with Crippen LogP contribution in [0.25, 0.3) is 5.69 Å². The van der Waals surface area contributed by atoms with Gasteiger partial charge in [0.2, 0.25) is 5.88 Å². The number of benzene rings is 1. The molecule has 1 fully saturated rings. The van der Waals surface area contributed by atoms with Crippen molar-refractivity contribution in [3.8, 4) is 11.6 Å². The maximum absolute atomic E-state index is 13.0. The molecule has 9 heteroatoms. The number of aromatic nitrogens is 2. The van der Waals surface area contributed by atoms with Crippen molar-refractivity contribution in [2.75, 3.05) is 0 Å². The average Bonchev–Trinajstić information content (AvgIpc) is 3.35. The monoisotopic (exact) mass is 368 g/mol. The van der Waals surface area contributed by atoms with E-state index in [1.54, 1.807) is 0 Å². The van der Waals surface area contributed by atoms with E-state index in [2.05, 4.69) is 0 Å². The molecule has 0 radical (unpaired) electrons. The molecule has 2 aromatic rings. The fourth-order valence-corrected chi connectivity index (χ4v) is 2.72. The van der Waals surface area contributed by atoms with Crippen molar-refractivity contribution in [2.24, 2.45) is 5.92 Å². The van der Waals surface area contributed by atoms with Crippen molar-refractivity contribution in [1.29, 1.82) is 0 Å². The Hall–Kier alpha value is -2.84. The molecular weight excluding hydrogens is 353 g/mol. The third-order valence-electron chi connectivity index (χ3n) is 4.24. The van der Waals surface area contributed by atoms with Crippen molar-refractivity contribution in [2.45, 2.75) is 32.5 Å². The van der Waals surface area contributed by atoms with Gasteiger partial charge in [0.15, 0.2) is 5.78 Å². The second-order valence-electron chi connectivity index (χ2n) is 6.28.